The highest BCUT2D eigenvalue weighted by atomic mass is 35.5. The van der Waals surface area contributed by atoms with Crippen LogP contribution >= 0.6 is 11.6 Å². The van der Waals surface area contributed by atoms with Crippen molar-refractivity contribution in [3.8, 4) is 11.5 Å². The van der Waals surface area contributed by atoms with E-state index >= 15 is 0 Å². The van der Waals surface area contributed by atoms with E-state index in [4.69, 9.17) is 21.1 Å². The highest BCUT2D eigenvalue weighted by molar-refractivity contribution is 7.85. The number of halogens is 1. The van der Waals surface area contributed by atoms with E-state index in [1.807, 2.05) is 26.0 Å². The van der Waals surface area contributed by atoms with Crippen LogP contribution < -0.4 is 9.47 Å². The van der Waals surface area contributed by atoms with Crippen LogP contribution in [0.4, 0.5) is 0 Å². The van der Waals surface area contributed by atoms with Crippen molar-refractivity contribution in [3.05, 3.63) is 34.4 Å². The minimum Gasteiger partial charge on any atom is -0.491 e. The van der Waals surface area contributed by atoms with Crippen molar-refractivity contribution >= 4 is 21.7 Å². The molecule has 0 saturated heterocycles. The lowest BCUT2D eigenvalue weighted by Gasteiger charge is -2.14. The second-order valence-electron chi connectivity index (χ2n) is 4.86. The summed E-state index contributed by atoms with van der Waals surface area (Å²) in [6, 6.07) is 3.72. The Morgan fingerprint density at radius 1 is 1.18 bits per heavy atom. The summed E-state index contributed by atoms with van der Waals surface area (Å²) in [7, 11) is -3.44. The maximum absolute atomic E-state index is 10.9. The monoisotopic (exact) mass is 348 g/mol. The zero-order valence-electron chi connectivity index (χ0n) is 13.2. The minimum absolute atomic E-state index is 0.0181. The minimum atomic E-state index is -3.44. The van der Waals surface area contributed by atoms with E-state index in [0.717, 1.165) is 23.1 Å². The number of hydrogen-bond acceptors (Lipinski definition) is 5. The summed E-state index contributed by atoms with van der Waals surface area (Å²) in [4.78, 5) is 0. The standard InChI is InChI=1S/C15H21ClO5S/c1-11-9-14(19-6-5-13(3)16)10-12(2)15(11)20-7-8-21-22(4,17)18/h5,9-10H,6-8H2,1-4H3/b13-5+. The first-order valence-electron chi connectivity index (χ1n) is 6.72. The molecular formula is C15H21ClO5S. The fourth-order valence-electron chi connectivity index (χ4n) is 1.80. The van der Waals surface area contributed by atoms with Crippen molar-refractivity contribution in [2.75, 3.05) is 26.1 Å². The summed E-state index contributed by atoms with van der Waals surface area (Å²) in [5.74, 6) is 1.43. The second kappa shape index (κ2) is 8.41. The van der Waals surface area contributed by atoms with E-state index in [1.54, 1.807) is 13.0 Å². The third-order valence-corrected chi connectivity index (χ3v) is 3.42. The van der Waals surface area contributed by atoms with Gasteiger partial charge in [0.25, 0.3) is 10.1 Å². The molecule has 1 aromatic rings. The van der Waals surface area contributed by atoms with Gasteiger partial charge in [0.2, 0.25) is 0 Å². The quantitative estimate of drug-likeness (QED) is 0.533. The van der Waals surface area contributed by atoms with E-state index in [2.05, 4.69) is 4.18 Å². The molecule has 0 fully saturated rings. The average Bonchev–Trinajstić information content (AvgIpc) is 2.35. The summed E-state index contributed by atoms with van der Waals surface area (Å²) in [6.45, 7) is 6.12. The van der Waals surface area contributed by atoms with Gasteiger partial charge in [-0.05, 0) is 50.1 Å². The predicted molar refractivity (Wildman–Crippen MR) is 87.3 cm³/mol. The number of hydrogen-bond donors (Lipinski definition) is 0. The molecule has 0 bridgehead atoms. The Morgan fingerprint density at radius 2 is 1.77 bits per heavy atom. The molecule has 0 unspecified atom stereocenters. The van der Waals surface area contributed by atoms with Gasteiger partial charge in [0, 0.05) is 5.03 Å². The van der Waals surface area contributed by atoms with Gasteiger partial charge in [-0.2, -0.15) is 8.42 Å². The van der Waals surface area contributed by atoms with Gasteiger partial charge in [-0.1, -0.05) is 11.6 Å². The lowest BCUT2D eigenvalue weighted by atomic mass is 10.1. The van der Waals surface area contributed by atoms with Crippen LogP contribution in [-0.4, -0.2) is 34.5 Å². The normalized spacial score (nSPS) is 12.3. The van der Waals surface area contributed by atoms with E-state index in [0.29, 0.717) is 17.4 Å². The van der Waals surface area contributed by atoms with Crippen molar-refractivity contribution < 1.29 is 22.1 Å². The Morgan fingerprint density at radius 3 is 2.27 bits per heavy atom. The maximum Gasteiger partial charge on any atom is 0.264 e. The Kier molecular flexibility index (Phi) is 7.19. The zero-order valence-corrected chi connectivity index (χ0v) is 14.8. The maximum atomic E-state index is 10.9. The van der Waals surface area contributed by atoms with Crippen molar-refractivity contribution in [2.24, 2.45) is 0 Å². The third-order valence-electron chi connectivity index (χ3n) is 2.68. The van der Waals surface area contributed by atoms with Gasteiger partial charge in [0.15, 0.2) is 0 Å². The van der Waals surface area contributed by atoms with E-state index < -0.39 is 10.1 Å². The van der Waals surface area contributed by atoms with Gasteiger partial charge in [-0.25, -0.2) is 0 Å². The Labute approximate surface area is 137 Å². The van der Waals surface area contributed by atoms with Crippen molar-refractivity contribution in [1.29, 1.82) is 0 Å². The van der Waals surface area contributed by atoms with Crippen LogP contribution in [0.5, 0.6) is 11.5 Å². The molecule has 0 atom stereocenters. The van der Waals surface area contributed by atoms with Crippen LogP contribution in [0.15, 0.2) is 23.2 Å². The van der Waals surface area contributed by atoms with E-state index in [-0.39, 0.29) is 13.2 Å². The molecule has 0 amide bonds. The number of aryl methyl sites for hydroxylation is 2. The first-order chi connectivity index (χ1) is 10.2. The largest absolute Gasteiger partial charge is 0.491 e. The SMILES string of the molecule is C/C(Cl)=C\COc1cc(C)c(OCCOS(C)(=O)=O)c(C)c1. The molecular weight excluding hydrogens is 328 g/mol. The highest BCUT2D eigenvalue weighted by Crippen LogP contribution is 2.28. The molecule has 0 aliphatic heterocycles. The molecule has 1 aromatic carbocycles. The summed E-state index contributed by atoms with van der Waals surface area (Å²) in [6.07, 6.45) is 2.78. The Hall–Kier alpha value is -1.24. The molecule has 0 aliphatic carbocycles. The molecule has 0 radical (unpaired) electrons. The van der Waals surface area contributed by atoms with Gasteiger partial charge in [0.05, 0.1) is 6.26 Å². The molecule has 0 N–H and O–H groups in total. The van der Waals surface area contributed by atoms with Crippen LogP contribution in [0, 0.1) is 13.8 Å². The Balaban J connectivity index is 2.64. The zero-order chi connectivity index (χ0) is 16.8. The molecule has 0 aromatic heterocycles. The van der Waals surface area contributed by atoms with Gasteiger partial charge in [-0.3, -0.25) is 4.18 Å². The van der Waals surface area contributed by atoms with Gasteiger partial charge in [-0.15, -0.1) is 0 Å². The van der Waals surface area contributed by atoms with Gasteiger partial charge >= 0.3 is 0 Å². The molecule has 22 heavy (non-hydrogen) atoms. The van der Waals surface area contributed by atoms with Gasteiger partial charge < -0.3 is 9.47 Å². The first-order valence-corrected chi connectivity index (χ1v) is 8.92. The summed E-state index contributed by atoms with van der Waals surface area (Å²) in [5.41, 5.74) is 1.81. The first kappa shape index (κ1) is 18.8. The molecule has 0 aliphatic rings. The number of rotatable bonds is 8. The molecule has 0 saturated carbocycles. The second-order valence-corrected chi connectivity index (χ2v) is 7.10. The lowest BCUT2D eigenvalue weighted by Crippen LogP contribution is -2.12. The van der Waals surface area contributed by atoms with Crippen LogP contribution in [0.1, 0.15) is 18.1 Å². The van der Waals surface area contributed by atoms with Crippen LogP contribution in [0.3, 0.4) is 0 Å². The van der Waals surface area contributed by atoms with Gasteiger partial charge in [0.1, 0.15) is 31.3 Å². The van der Waals surface area contributed by atoms with Crippen molar-refractivity contribution in [1.82, 2.24) is 0 Å². The van der Waals surface area contributed by atoms with Crippen molar-refractivity contribution in [3.63, 3.8) is 0 Å². The van der Waals surface area contributed by atoms with Crippen molar-refractivity contribution in [2.45, 2.75) is 20.8 Å². The number of ether oxygens (including phenoxy) is 2. The molecule has 7 heteroatoms. The molecule has 0 spiro atoms. The summed E-state index contributed by atoms with van der Waals surface area (Å²) in [5, 5.41) is 0.680. The van der Waals surface area contributed by atoms with Crippen LogP contribution in [-0.2, 0) is 14.3 Å². The number of benzene rings is 1. The number of allylic oxidation sites excluding steroid dienone is 1. The lowest BCUT2D eigenvalue weighted by molar-refractivity contribution is 0.220. The molecule has 1 rings (SSSR count). The molecule has 5 nitrogen and oxygen atoms in total. The molecule has 124 valence electrons. The Bertz CT molecular complexity index is 610. The van der Waals surface area contributed by atoms with E-state index in [1.165, 1.54) is 0 Å². The predicted octanol–water partition coefficient (Wildman–Crippen LogP) is 3.18. The fourth-order valence-corrected chi connectivity index (χ4v) is 2.24. The highest BCUT2D eigenvalue weighted by Gasteiger charge is 2.08. The summed E-state index contributed by atoms with van der Waals surface area (Å²) < 4.78 is 37.5. The van der Waals surface area contributed by atoms with E-state index in [9.17, 15) is 8.42 Å². The average molecular weight is 349 g/mol. The van der Waals surface area contributed by atoms with Crippen LogP contribution in [0.2, 0.25) is 0 Å². The van der Waals surface area contributed by atoms with Crippen LogP contribution in [0.25, 0.3) is 0 Å². The smallest absolute Gasteiger partial charge is 0.264 e. The summed E-state index contributed by atoms with van der Waals surface area (Å²) >= 11 is 5.74. The fraction of sp³-hybridized carbons (Fsp3) is 0.467. The topological polar surface area (TPSA) is 61.8 Å². The third kappa shape index (κ3) is 7.15. The molecule has 0 heterocycles.